The molecule has 0 fully saturated rings. The van der Waals surface area contributed by atoms with E-state index < -0.39 is 15.0 Å². The molecule has 0 aliphatic heterocycles. The molecule has 0 unspecified atom stereocenters. The summed E-state index contributed by atoms with van der Waals surface area (Å²) < 4.78 is 23.8. The van der Waals surface area contributed by atoms with Crippen LogP contribution in [0.15, 0.2) is 47.5 Å². The lowest BCUT2D eigenvalue weighted by molar-refractivity contribution is 0.0685. The molecule has 0 spiro atoms. The zero-order valence-corrected chi connectivity index (χ0v) is 11.2. The average molecular weight is 300 g/mol. The highest BCUT2D eigenvalue weighted by Crippen LogP contribution is 2.19. The summed E-state index contributed by atoms with van der Waals surface area (Å²) in [6.45, 7) is 0.259. The van der Waals surface area contributed by atoms with Gasteiger partial charge in [0.2, 0.25) is 0 Å². The standard InChI is InChI=1S/C12H10ClNO4S/c13-19(17,18)10-6-11(12(15)16)14(8-10)7-9-4-2-1-3-5-9/h1-6,8H,7H2,(H,15,16). The fourth-order valence-electron chi connectivity index (χ4n) is 1.71. The maximum absolute atomic E-state index is 11.2. The van der Waals surface area contributed by atoms with Gasteiger partial charge in [0.25, 0.3) is 9.05 Å². The summed E-state index contributed by atoms with van der Waals surface area (Å²) in [5, 5.41) is 9.06. The molecule has 2 aromatic rings. The van der Waals surface area contributed by atoms with E-state index in [4.69, 9.17) is 15.8 Å². The quantitative estimate of drug-likeness (QED) is 0.878. The van der Waals surface area contributed by atoms with E-state index in [1.54, 1.807) is 0 Å². The Balaban J connectivity index is 2.45. The maximum atomic E-state index is 11.2. The van der Waals surface area contributed by atoms with Crippen molar-refractivity contribution in [3.05, 3.63) is 53.9 Å². The second-order valence-electron chi connectivity index (χ2n) is 3.92. The number of hydrogen-bond donors (Lipinski definition) is 1. The summed E-state index contributed by atoms with van der Waals surface area (Å²) in [6.07, 6.45) is 1.22. The SMILES string of the molecule is O=C(O)c1cc(S(=O)(=O)Cl)cn1Cc1ccccc1. The molecule has 7 heteroatoms. The van der Waals surface area contributed by atoms with E-state index in [0.29, 0.717) is 0 Å². The number of hydrogen-bond acceptors (Lipinski definition) is 3. The first kappa shape index (κ1) is 13.6. The van der Waals surface area contributed by atoms with Gasteiger partial charge in [-0.3, -0.25) is 0 Å². The molecular weight excluding hydrogens is 290 g/mol. The van der Waals surface area contributed by atoms with Crippen LogP contribution in [0, 0.1) is 0 Å². The summed E-state index contributed by atoms with van der Waals surface area (Å²) >= 11 is 0. The van der Waals surface area contributed by atoms with Crippen LogP contribution in [0.25, 0.3) is 0 Å². The molecule has 1 N–H and O–H groups in total. The van der Waals surface area contributed by atoms with Crippen molar-refractivity contribution >= 4 is 25.7 Å². The minimum atomic E-state index is -3.94. The van der Waals surface area contributed by atoms with Crippen molar-refractivity contribution in [2.24, 2.45) is 0 Å². The van der Waals surface area contributed by atoms with Crippen molar-refractivity contribution in [1.29, 1.82) is 0 Å². The number of carboxylic acids is 1. The first-order valence-electron chi connectivity index (χ1n) is 5.30. The second-order valence-corrected chi connectivity index (χ2v) is 6.48. The molecule has 0 bridgehead atoms. The van der Waals surface area contributed by atoms with Gasteiger partial charge in [-0.05, 0) is 11.6 Å². The third-order valence-corrected chi connectivity index (χ3v) is 3.89. The molecule has 0 atom stereocenters. The van der Waals surface area contributed by atoms with Gasteiger partial charge >= 0.3 is 5.97 Å². The fraction of sp³-hybridized carbons (Fsp3) is 0.0833. The Labute approximate surface area is 114 Å². The smallest absolute Gasteiger partial charge is 0.352 e. The molecule has 0 saturated carbocycles. The summed E-state index contributed by atoms with van der Waals surface area (Å²) in [5.41, 5.74) is 0.738. The van der Waals surface area contributed by atoms with Gasteiger partial charge in [0.1, 0.15) is 10.6 Å². The van der Waals surface area contributed by atoms with Crippen LogP contribution in [0.1, 0.15) is 16.1 Å². The topological polar surface area (TPSA) is 76.4 Å². The molecular formula is C12H10ClNO4S. The van der Waals surface area contributed by atoms with Crippen LogP contribution in [0.2, 0.25) is 0 Å². The van der Waals surface area contributed by atoms with Gasteiger partial charge < -0.3 is 9.67 Å². The van der Waals surface area contributed by atoms with Gasteiger partial charge in [0, 0.05) is 23.4 Å². The van der Waals surface area contributed by atoms with Crippen LogP contribution in [0.5, 0.6) is 0 Å². The summed E-state index contributed by atoms with van der Waals surface area (Å²) in [6, 6.07) is 10.2. The molecule has 0 saturated heterocycles. The van der Waals surface area contributed by atoms with Crippen LogP contribution < -0.4 is 0 Å². The van der Waals surface area contributed by atoms with E-state index >= 15 is 0 Å². The van der Waals surface area contributed by atoms with E-state index in [2.05, 4.69) is 0 Å². The summed E-state index contributed by atoms with van der Waals surface area (Å²) in [7, 11) is 1.28. The number of aromatic nitrogens is 1. The third-order valence-electron chi connectivity index (χ3n) is 2.57. The largest absolute Gasteiger partial charge is 0.477 e. The van der Waals surface area contributed by atoms with Gasteiger partial charge in [0.15, 0.2) is 0 Å². The Bertz CT molecular complexity index is 707. The minimum Gasteiger partial charge on any atom is -0.477 e. The molecule has 1 aromatic carbocycles. The number of aromatic carboxylic acids is 1. The normalized spacial score (nSPS) is 11.4. The molecule has 2 rings (SSSR count). The number of nitrogens with zero attached hydrogens (tertiary/aromatic N) is 1. The van der Waals surface area contributed by atoms with Crippen LogP contribution in [0.4, 0.5) is 0 Å². The lowest BCUT2D eigenvalue weighted by Gasteiger charge is -2.05. The predicted molar refractivity (Wildman–Crippen MR) is 70.0 cm³/mol. The van der Waals surface area contributed by atoms with Crippen molar-refractivity contribution in [3.63, 3.8) is 0 Å². The zero-order valence-electron chi connectivity index (χ0n) is 9.65. The van der Waals surface area contributed by atoms with E-state index in [-0.39, 0.29) is 17.1 Å². The van der Waals surface area contributed by atoms with Crippen LogP contribution in [0.3, 0.4) is 0 Å². The lowest BCUT2D eigenvalue weighted by atomic mass is 10.2. The van der Waals surface area contributed by atoms with E-state index in [9.17, 15) is 13.2 Å². The Morgan fingerprint density at radius 2 is 1.89 bits per heavy atom. The zero-order chi connectivity index (χ0) is 14.0. The first-order chi connectivity index (χ1) is 8.88. The number of carbonyl (C=O) groups is 1. The second kappa shape index (κ2) is 5.07. The monoisotopic (exact) mass is 299 g/mol. The molecule has 1 heterocycles. The van der Waals surface area contributed by atoms with Gasteiger partial charge in [-0.2, -0.15) is 0 Å². The van der Waals surface area contributed by atoms with Gasteiger partial charge in [-0.25, -0.2) is 13.2 Å². The molecule has 1 aromatic heterocycles. The summed E-state index contributed by atoms with van der Waals surface area (Å²) in [4.78, 5) is 10.9. The van der Waals surface area contributed by atoms with Crippen LogP contribution in [-0.4, -0.2) is 24.1 Å². The third kappa shape index (κ3) is 3.15. The predicted octanol–water partition coefficient (Wildman–Crippen LogP) is 2.16. The Morgan fingerprint density at radius 3 is 2.42 bits per heavy atom. The highest BCUT2D eigenvalue weighted by Gasteiger charge is 2.19. The van der Waals surface area contributed by atoms with Crippen molar-refractivity contribution in [2.75, 3.05) is 0 Å². The molecule has 0 radical (unpaired) electrons. The fourth-order valence-corrected chi connectivity index (χ4v) is 2.47. The number of benzene rings is 1. The first-order valence-corrected chi connectivity index (χ1v) is 7.61. The van der Waals surface area contributed by atoms with Crippen molar-refractivity contribution in [2.45, 2.75) is 11.4 Å². The maximum Gasteiger partial charge on any atom is 0.352 e. The van der Waals surface area contributed by atoms with Crippen molar-refractivity contribution in [1.82, 2.24) is 4.57 Å². The molecule has 100 valence electrons. The van der Waals surface area contributed by atoms with Gasteiger partial charge in [-0.15, -0.1) is 0 Å². The van der Waals surface area contributed by atoms with Gasteiger partial charge in [0.05, 0.1) is 0 Å². The number of rotatable bonds is 4. The highest BCUT2D eigenvalue weighted by atomic mass is 35.7. The Hall–Kier alpha value is -1.79. The Kier molecular flexibility index (Phi) is 3.64. The van der Waals surface area contributed by atoms with Crippen molar-refractivity contribution in [3.8, 4) is 0 Å². The minimum absolute atomic E-state index is 0.122. The Morgan fingerprint density at radius 1 is 1.26 bits per heavy atom. The molecule has 19 heavy (non-hydrogen) atoms. The molecule has 0 aliphatic carbocycles. The van der Waals surface area contributed by atoms with Gasteiger partial charge in [-0.1, -0.05) is 30.3 Å². The number of halogens is 1. The van der Waals surface area contributed by atoms with Crippen molar-refractivity contribution < 1.29 is 18.3 Å². The lowest BCUT2D eigenvalue weighted by Crippen LogP contribution is -2.08. The molecule has 5 nitrogen and oxygen atoms in total. The molecule has 0 amide bonds. The number of carboxylic acid groups (broad SMARTS) is 1. The van der Waals surface area contributed by atoms with Crippen LogP contribution >= 0.6 is 10.7 Å². The summed E-state index contributed by atoms with van der Waals surface area (Å²) in [5.74, 6) is -1.21. The van der Waals surface area contributed by atoms with Crippen LogP contribution in [-0.2, 0) is 15.6 Å². The van der Waals surface area contributed by atoms with E-state index in [1.165, 1.54) is 10.8 Å². The molecule has 0 aliphatic rings. The van der Waals surface area contributed by atoms with E-state index in [1.807, 2.05) is 30.3 Å². The average Bonchev–Trinajstić information content (AvgIpc) is 2.74. The van der Waals surface area contributed by atoms with E-state index in [0.717, 1.165) is 11.6 Å². The highest BCUT2D eigenvalue weighted by molar-refractivity contribution is 8.13.